The highest BCUT2D eigenvalue weighted by atomic mass is 32.1. The van der Waals surface area contributed by atoms with Crippen LogP contribution in [0.4, 0.5) is 4.79 Å². The van der Waals surface area contributed by atoms with E-state index in [9.17, 15) is 15.0 Å². The zero-order valence-corrected chi connectivity index (χ0v) is 18.1. The molecule has 0 aromatic carbocycles. The second-order valence-electron chi connectivity index (χ2n) is 8.45. The van der Waals surface area contributed by atoms with Crippen molar-refractivity contribution in [3.05, 3.63) is 29.4 Å². The molecule has 0 aliphatic heterocycles. The fourth-order valence-electron chi connectivity index (χ4n) is 4.97. The summed E-state index contributed by atoms with van der Waals surface area (Å²) in [4.78, 5) is 22.4. The molecule has 2 heterocycles. The maximum absolute atomic E-state index is 11.2. The van der Waals surface area contributed by atoms with Gasteiger partial charge in [-0.25, -0.2) is 14.8 Å². The van der Waals surface area contributed by atoms with E-state index in [1.165, 1.54) is 10.4 Å². The van der Waals surface area contributed by atoms with E-state index in [2.05, 4.69) is 21.9 Å². The van der Waals surface area contributed by atoms with E-state index in [1.54, 1.807) is 23.7 Å². The van der Waals surface area contributed by atoms with Gasteiger partial charge < -0.3 is 20.3 Å². The Hall–Kier alpha value is -2.19. The third-order valence-corrected chi connectivity index (χ3v) is 7.88. The van der Waals surface area contributed by atoms with Crippen molar-refractivity contribution in [3.63, 3.8) is 0 Å². The number of hydrogen-bond donors (Lipinski definition) is 3. The number of carboxylic acid groups (broad SMARTS) is 1. The second kappa shape index (κ2) is 8.51. The smallest absolute Gasteiger partial charge is 0.405 e. The third kappa shape index (κ3) is 4.03. The van der Waals surface area contributed by atoms with Gasteiger partial charge in [0.25, 0.3) is 0 Å². The lowest BCUT2D eigenvalue weighted by atomic mass is 9.78. The number of rotatable bonds is 7. The van der Waals surface area contributed by atoms with Crippen LogP contribution in [0.3, 0.4) is 0 Å². The highest BCUT2D eigenvalue weighted by Crippen LogP contribution is 2.48. The van der Waals surface area contributed by atoms with Gasteiger partial charge in [0.1, 0.15) is 17.3 Å². The van der Waals surface area contributed by atoms with Gasteiger partial charge in [-0.1, -0.05) is 13.0 Å². The Labute approximate surface area is 180 Å². The first kappa shape index (κ1) is 21.1. The van der Waals surface area contributed by atoms with E-state index in [-0.39, 0.29) is 17.6 Å². The summed E-state index contributed by atoms with van der Waals surface area (Å²) in [5, 5.41) is 23.0. The molecule has 30 heavy (non-hydrogen) atoms. The number of carbonyl (C=O) groups is 1. The molecule has 0 radical (unpaired) electrons. The monoisotopic (exact) mass is 431 g/mol. The number of amides is 1. The molecule has 1 fully saturated rings. The van der Waals surface area contributed by atoms with Gasteiger partial charge in [-0.3, -0.25) is 0 Å². The van der Waals surface area contributed by atoms with Crippen molar-refractivity contribution in [1.29, 1.82) is 0 Å². The summed E-state index contributed by atoms with van der Waals surface area (Å²) in [6.07, 6.45) is 8.18. The van der Waals surface area contributed by atoms with Crippen molar-refractivity contribution in [2.75, 3.05) is 0 Å². The number of hydrogen-bond acceptors (Lipinski definition) is 6. The zero-order valence-electron chi connectivity index (χ0n) is 17.3. The molecule has 162 valence electrons. The number of nitrogens with one attached hydrogen (secondary N) is 1. The number of aromatic nitrogens is 2. The van der Waals surface area contributed by atoms with Crippen molar-refractivity contribution in [3.8, 4) is 5.88 Å². The lowest BCUT2D eigenvalue weighted by Gasteiger charge is -2.39. The number of thiophene rings is 1. The van der Waals surface area contributed by atoms with Gasteiger partial charge in [0.05, 0.1) is 11.5 Å². The van der Waals surface area contributed by atoms with Crippen LogP contribution in [-0.2, 0) is 6.42 Å². The van der Waals surface area contributed by atoms with Crippen LogP contribution in [0.1, 0.15) is 68.2 Å². The SMILES string of the molecule is C=C[C@H](O)C[C@H]1CCc2sc3ncnc(OC4CCC(CC)(NC(=O)O)CC4)c3c21. The molecule has 2 aliphatic rings. The van der Waals surface area contributed by atoms with Crippen molar-refractivity contribution >= 4 is 27.6 Å². The Morgan fingerprint density at radius 1 is 1.43 bits per heavy atom. The Kier molecular flexibility index (Phi) is 5.97. The normalized spacial score (nSPS) is 26.9. The number of aryl methyl sites for hydroxylation is 1. The topological polar surface area (TPSA) is 105 Å². The van der Waals surface area contributed by atoms with Crippen LogP contribution >= 0.6 is 11.3 Å². The fraction of sp³-hybridized carbons (Fsp3) is 0.591. The zero-order chi connectivity index (χ0) is 21.3. The van der Waals surface area contributed by atoms with Crippen molar-refractivity contribution in [2.24, 2.45) is 0 Å². The van der Waals surface area contributed by atoms with Gasteiger partial charge in [-0.15, -0.1) is 17.9 Å². The van der Waals surface area contributed by atoms with Crippen molar-refractivity contribution in [2.45, 2.75) is 82.0 Å². The predicted octanol–water partition coefficient (Wildman–Crippen LogP) is 4.40. The van der Waals surface area contributed by atoms with E-state index >= 15 is 0 Å². The minimum atomic E-state index is -0.963. The van der Waals surface area contributed by atoms with E-state index in [0.717, 1.165) is 55.2 Å². The highest BCUT2D eigenvalue weighted by Gasteiger charge is 2.37. The molecular formula is C22H29N3O4S. The lowest BCUT2D eigenvalue weighted by molar-refractivity contribution is 0.0934. The van der Waals surface area contributed by atoms with Crippen LogP contribution in [0.15, 0.2) is 19.0 Å². The first-order chi connectivity index (χ1) is 14.4. The van der Waals surface area contributed by atoms with E-state index in [4.69, 9.17) is 4.74 Å². The minimum absolute atomic E-state index is 0.00698. The molecule has 7 nitrogen and oxygen atoms in total. The molecular weight excluding hydrogens is 402 g/mol. The first-order valence-corrected chi connectivity index (χ1v) is 11.5. The fourth-order valence-corrected chi connectivity index (χ4v) is 6.20. The standard InChI is InChI=1S/C22H29N3O4S/c1-3-14(26)11-13-5-6-16-17(13)18-19(23-12-24-20(18)30-16)29-15-7-9-22(4-2,10-8-15)25-21(27)28/h3,12-15,25-26H,1,4-11H2,2H3,(H,27,28)/t13-,14+,15?,22?/m1/s1. The molecule has 2 atom stereocenters. The third-order valence-electron chi connectivity index (χ3n) is 6.71. The van der Waals surface area contributed by atoms with Crippen LogP contribution in [0.25, 0.3) is 10.2 Å². The first-order valence-electron chi connectivity index (χ1n) is 10.7. The molecule has 3 N–H and O–H groups in total. The van der Waals surface area contributed by atoms with Crippen molar-refractivity contribution < 1.29 is 19.7 Å². The van der Waals surface area contributed by atoms with E-state index in [1.807, 2.05) is 6.92 Å². The average molecular weight is 432 g/mol. The molecule has 0 saturated heterocycles. The van der Waals surface area contributed by atoms with Gasteiger partial charge in [0.15, 0.2) is 0 Å². The van der Waals surface area contributed by atoms with Gasteiger partial charge >= 0.3 is 6.09 Å². The van der Waals surface area contributed by atoms with Crippen LogP contribution in [0.5, 0.6) is 5.88 Å². The summed E-state index contributed by atoms with van der Waals surface area (Å²) in [7, 11) is 0. The Morgan fingerprint density at radius 3 is 2.87 bits per heavy atom. The van der Waals surface area contributed by atoms with Crippen LogP contribution in [-0.4, -0.2) is 44.0 Å². The highest BCUT2D eigenvalue weighted by molar-refractivity contribution is 7.19. The average Bonchev–Trinajstić information content (AvgIpc) is 3.29. The number of fused-ring (bicyclic) bond motifs is 3. The molecule has 1 saturated carbocycles. The molecule has 2 aromatic rings. The Morgan fingerprint density at radius 2 is 2.20 bits per heavy atom. The lowest BCUT2D eigenvalue weighted by Crippen LogP contribution is -2.51. The largest absolute Gasteiger partial charge is 0.474 e. The summed E-state index contributed by atoms with van der Waals surface area (Å²) in [6, 6.07) is 0. The maximum atomic E-state index is 11.2. The minimum Gasteiger partial charge on any atom is -0.474 e. The summed E-state index contributed by atoms with van der Waals surface area (Å²) in [6.45, 7) is 5.73. The molecule has 8 heteroatoms. The number of aliphatic hydroxyl groups is 1. The van der Waals surface area contributed by atoms with Crippen LogP contribution < -0.4 is 10.1 Å². The number of aliphatic hydroxyl groups excluding tert-OH is 1. The summed E-state index contributed by atoms with van der Waals surface area (Å²) in [5.74, 6) is 0.881. The molecule has 0 unspecified atom stereocenters. The Balaban J connectivity index is 1.55. The number of nitrogens with zero attached hydrogens (tertiary/aromatic N) is 2. The van der Waals surface area contributed by atoms with Gasteiger partial charge in [-0.05, 0) is 62.8 Å². The molecule has 0 bridgehead atoms. The van der Waals surface area contributed by atoms with E-state index in [0.29, 0.717) is 12.3 Å². The van der Waals surface area contributed by atoms with Crippen LogP contribution in [0, 0.1) is 0 Å². The van der Waals surface area contributed by atoms with Crippen LogP contribution in [0.2, 0.25) is 0 Å². The second-order valence-corrected chi connectivity index (χ2v) is 9.54. The maximum Gasteiger partial charge on any atom is 0.405 e. The Bertz CT molecular complexity index is 936. The quantitative estimate of drug-likeness (QED) is 0.562. The van der Waals surface area contributed by atoms with Crippen molar-refractivity contribution in [1.82, 2.24) is 15.3 Å². The molecule has 2 aliphatic carbocycles. The van der Waals surface area contributed by atoms with Gasteiger partial charge in [-0.2, -0.15) is 0 Å². The summed E-state index contributed by atoms with van der Waals surface area (Å²) in [5.41, 5.74) is 0.875. The molecule has 2 aromatic heterocycles. The number of ether oxygens (including phenoxy) is 1. The van der Waals surface area contributed by atoms with E-state index < -0.39 is 12.2 Å². The summed E-state index contributed by atoms with van der Waals surface area (Å²) < 4.78 is 6.37. The molecule has 1 amide bonds. The summed E-state index contributed by atoms with van der Waals surface area (Å²) >= 11 is 1.70. The molecule has 0 spiro atoms. The molecule has 4 rings (SSSR count). The van der Waals surface area contributed by atoms with Gasteiger partial charge in [0.2, 0.25) is 5.88 Å². The van der Waals surface area contributed by atoms with Gasteiger partial charge in [0, 0.05) is 10.4 Å². The predicted molar refractivity (Wildman–Crippen MR) is 116 cm³/mol.